The number of aliphatic hydroxyl groups excluding tert-OH is 1. The zero-order valence-corrected chi connectivity index (χ0v) is 85.6. The zero-order chi connectivity index (χ0) is 103. The predicted octanol–water partition coefficient (Wildman–Crippen LogP) is 19.4. The van der Waals surface area contributed by atoms with Crippen LogP contribution < -0.4 is 10.4 Å². The Labute approximate surface area is 873 Å². The molecule has 0 aromatic heterocycles. The maximum atomic E-state index is 15.3. The number of carbonyl (C=O) groups is 5. The predicted molar refractivity (Wildman–Crippen MR) is 559 cm³/mol. The summed E-state index contributed by atoms with van der Waals surface area (Å²) >= 11 is 0. The highest BCUT2D eigenvalue weighted by molar-refractivity contribution is 6.99. The van der Waals surface area contributed by atoms with Crippen molar-refractivity contribution in [3.8, 4) is 0 Å². The molecular formula is C122H134O26Si. The van der Waals surface area contributed by atoms with Gasteiger partial charge in [0.05, 0.1) is 88.8 Å². The smallest absolute Gasteiger partial charge is 0.338 e. The molecule has 0 radical (unpaired) electrons. The molecule has 149 heavy (non-hydrogen) atoms. The van der Waals surface area contributed by atoms with Gasteiger partial charge in [-0.3, -0.25) is 4.79 Å². The number of esters is 5. The van der Waals surface area contributed by atoms with Crippen molar-refractivity contribution >= 4 is 48.5 Å². The van der Waals surface area contributed by atoms with Gasteiger partial charge in [0.2, 0.25) is 0 Å². The Hall–Kier alpha value is -12.4. The first kappa shape index (κ1) is 109. The number of aliphatic hydroxyl groups is 1. The molecule has 0 saturated carbocycles. The van der Waals surface area contributed by atoms with Crippen LogP contribution in [0.15, 0.2) is 364 Å². The molecule has 12 aromatic carbocycles. The molecule has 0 amide bonds. The van der Waals surface area contributed by atoms with E-state index in [0.717, 1.165) is 89.6 Å². The van der Waals surface area contributed by atoms with Gasteiger partial charge in [-0.2, -0.15) is 0 Å². The molecule has 26 nitrogen and oxygen atoms in total. The molecule has 4 saturated heterocycles. The van der Waals surface area contributed by atoms with E-state index in [1.165, 1.54) is 7.11 Å². The van der Waals surface area contributed by atoms with E-state index in [0.29, 0.717) is 18.4 Å². The van der Waals surface area contributed by atoms with Gasteiger partial charge in [-0.1, -0.05) is 381 Å². The molecule has 4 heterocycles. The molecule has 4 fully saturated rings. The third kappa shape index (κ3) is 30.7. The van der Waals surface area contributed by atoms with E-state index in [2.05, 4.69) is 45.0 Å². The highest BCUT2D eigenvalue weighted by Crippen LogP contribution is 2.43. The lowest BCUT2D eigenvalue weighted by Gasteiger charge is -2.49. The molecular weight excluding hydrogens is 1910 g/mol. The molecule has 19 atom stereocenters. The molecule has 27 heteroatoms. The highest BCUT2D eigenvalue weighted by Gasteiger charge is 2.60. The van der Waals surface area contributed by atoms with Crippen LogP contribution >= 0.6 is 0 Å². The van der Waals surface area contributed by atoms with Gasteiger partial charge in [0.1, 0.15) is 79.9 Å². The summed E-state index contributed by atoms with van der Waals surface area (Å²) in [5.41, 5.74) is 5.31. The fourth-order valence-electron chi connectivity index (χ4n) is 19.2. The second-order valence-electron chi connectivity index (χ2n) is 38.5. The third-order valence-electron chi connectivity index (χ3n) is 27.0. The number of benzene rings is 12. The Morgan fingerprint density at radius 1 is 0.275 bits per heavy atom. The maximum Gasteiger partial charge on any atom is 0.338 e. The van der Waals surface area contributed by atoms with Crippen molar-refractivity contribution in [2.75, 3.05) is 40.1 Å². The van der Waals surface area contributed by atoms with Gasteiger partial charge in [-0.15, -0.1) is 0 Å². The Kier molecular flexibility index (Phi) is 41.4. The van der Waals surface area contributed by atoms with E-state index < -0.39 is 174 Å². The van der Waals surface area contributed by atoms with Gasteiger partial charge in [0, 0.05) is 13.0 Å². The molecule has 0 aliphatic carbocycles. The van der Waals surface area contributed by atoms with Crippen LogP contribution in [0.5, 0.6) is 0 Å². The first-order valence-electron chi connectivity index (χ1n) is 51.6. The highest BCUT2D eigenvalue weighted by atomic mass is 28.4. The molecule has 4 aliphatic rings. The van der Waals surface area contributed by atoms with Gasteiger partial charge in [-0.25, -0.2) is 19.2 Å². The number of ether oxygens (including phenoxy) is 19. The molecule has 0 unspecified atom stereocenters. The molecule has 16 rings (SSSR count). The summed E-state index contributed by atoms with van der Waals surface area (Å²) in [6, 6.07) is 111. The SMILES string of the molecule is COC(=O)CCCCCCCCCCCO[C@@H]1O[C@H](CO[C@@H]2O[C@H](CO[C@@H]3O[C@H](CO[Si](c4ccccc4)(c4ccccc4)C(C)(C)C)[C@H](OCc4ccccc4)[C@H](OCc4ccccc4)[C@H]3O)[C@H](OCc3ccccc3)[C@H](OCc3ccccc3)[C@H]2O[C@H]2O[C@@H](COC(=O)c3ccccc3)[C@H](OC(=O)c3ccccc3)[C@H]2OC(=O)c2ccccc2)[C@H](OCc2ccccc2)[C@H](OCc2ccccc2)[C@H]1OC(=O)c1ccccc1. The lowest BCUT2D eigenvalue weighted by atomic mass is 9.96. The van der Waals surface area contributed by atoms with Crippen molar-refractivity contribution in [3.63, 3.8) is 0 Å². The van der Waals surface area contributed by atoms with E-state index >= 15 is 14.4 Å². The average Bonchev–Trinajstić information content (AvgIpc) is 0.915. The quantitative estimate of drug-likeness (QED) is 0.0160. The van der Waals surface area contributed by atoms with Gasteiger partial charge in [-0.05, 0) is 110 Å². The van der Waals surface area contributed by atoms with Crippen molar-refractivity contribution in [1.82, 2.24) is 0 Å². The fourth-order valence-corrected chi connectivity index (χ4v) is 23.8. The Bertz CT molecular complexity index is 5910. The molecule has 12 aromatic rings. The molecule has 782 valence electrons. The van der Waals surface area contributed by atoms with Crippen LogP contribution in [0.4, 0.5) is 0 Å². The first-order valence-corrected chi connectivity index (χ1v) is 53.5. The summed E-state index contributed by atoms with van der Waals surface area (Å²) in [7, 11) is -2.02. The van der Waals surface area contributed by atoms with Crippen molar-refractivity contribution in [2.24, 2.45) is 0 Å². The summed E-state index contributed by atoms with van der Waals surface area (Å²) in [6.07, 6.45) is -18.9. The normalized spacial score (nSPS) is 23.3. The second kappa shape index (κ2) is 56.4. The molecule has 0 spiro atoms. The van der Waals surface area contributed by atoms with Crippen LogP contribution in [-0.2, 0) is 139 Å². The summed E-state index contributed by atoms with van der Waals surface area (Å²) in [4.78, 5) is 71.6. The number of hydrogen-bond donors (Lipinski definition) is 1. The van der Waals surface area contributed by atoms with Crippen LogP contribution in [0, 0.1) is 0 Å². The van der Waals surface area contributed by atoms with Gasteiger partial charge in [0.15, 0.2) is 43.5 Å². The minimum atomic E-state index is -3.43. The minimum Gasteiger partial charge on any atom is -0.469 e. The second-order valence-corrected chi connectivity index (χ2v) is 42.8. The van der Waals surface area contributed by atoms with Crippen LogP contribution in [0.3, 0.4) is 0 Å². The number of carbonyl (C=O) groups excluding carboxylic acids is 5. The lowest BCUT2D eigenvalue weighted by molar-refractivity contribution is -0.369. The monoisotopic (exact) mass is 2040 g/mol. The third-order valence-corrected chi connectivity index (χ3v) is 32.0. The van der Waals surface area contributed by atoms with Crippen LogP contribution in [0.2, 0.25) is 5.04 Å². The van der Waals surface area contributed by atoms with Crippen molar-refractivity contribution in [2.45, 2.75) is 246 Å². The lowest BCUT2D eigenvalue weighted by Crippen LogP contribution is -2.68. The van der Waals surface area contributed by atoms with E-state index in [4.69, 9.17) is 94.4 Å². The number of hydrogen-bond acceptors (Lipinski definition) is 26. The first-order chi connectivity index (χ1) is 73.0. The van der Waals surface area contributed by atoms with Crippen LogP contribution in [0.25, 0.3) is 0 Å². The largest absolute Gasteiger partial charge is 0.469 e. The fraction of sp³-hybridized carbons (Fsp3) is 0.369. The van der Waals surface area contributed by atoms with Crippen LogP contribution in [-0.4, -0.2) is 200 Å². The Balaban J connectivity index is 0.828. The van der Waals surface area contributed by atoms with Crippen molar-refractivity contribution in [3.05, 3.63) is 420 Å². The summed E-state index contributed by atoms with van der Waals surface area (Å²) in [5, 5.41) is 15.2. The average molecular weight is 2040 g/mol. The standard InChI is InChI=1S/C122H134O26Si/c1-122(2,3)149(96-70-44-22-45-71-96,97-72-46-23-47-73-97)140-85-101-104(131-76-86-50-24-12-25-51-86)108(134-79-89-56-30-15-31-57-89)103(124)118(141-101)138-83-98-106(133-78-88-54-28-14-29-55-88)110(136-81-91-60-34-17-35-61-91)113(148-121-111(146-116(127)94-66-40-20-41-67-94)107(145-115(126)93-64-38-19-39-65-93)100(144-121)82-137-114(125)92-62-36-18-37-63-92)120(143-98)139-84-99-105(132-77-87-52-26-13-27-53-87)109(135-80-90-58-32-16-33-59-90)112(147-117(128)95-68-42-21-43-69-95)119(142-99)130-75-49-11-9-7-5-6-8-10-48-74-102(123)129-4/h12-47,50-73,98-101,103-113,118-121,124H,5-11,48-49,74-85H2,1-4H3/t98-,99-,100+,101-,103-,104+,105+,106+,107+,108-,109+,110+,111-,112-,113-,118-,119-,120-,121-/m1/s1. The van der Waals surface area contributed by atoms with E-state index in [1.807, 2.05) is 218 Å². The van der Waals surface area contributed by atoms with E-state index in [9.17, 15) is 14.7 Å². The van der Waals surface area contributed by atoms with Crippen molar-refractivity contribution < 1.29 is 124 Å². The summed E-state index contributed by atoms with van der Waals surface area (Å²) < 4.78 is 142. The molecule has 0 bridgehead atoms. The van der Waals surface area contributed by atoms with E-state index in [-0.39, 0.29) is 81.1 Å². The number of rotatable bonds is 53. The number of unbranched alkanes of at least 4 members (excludes halogenated alkanes) is 8. The molecule has 1 N–H and O–H groups in total. The Morgan fingerprint density at radius 3 is 0.940 bits per heavy atom. The van der Waals surface area contributed by atoms with Crippen LogP contribution in [0.1, 0.15) is 160 Å². The topological polar surface area (TPSA) is 290 Å². The maximum absolute atomic E-state index is 15.3. The summed E-state index contributed by atoms with van der Waals surface area (Å²) in [6.45, 7) is 4.84. The van der Waals surface area contributed by atoms with Gasteiger partial charge >= 0.3 is 29.8 Å². The number of methoxy groups -OCH3 is 1. The summed E-state index contributed by atoms with van der Waals surface area (Å²) in [5.74, 6) is -3.39. The van der Waals surface area contributed by atoms with Gasteiger partial charge in [0.25, 0.3) is 8.32 Å². The zero-order valence-electron chi connectivity index (χ0n) is 84.6. The van der Waals surface area contributed by atoms with Gasteiger partial charge < -0.3 is 99.5 Å². The molecule has 4 aliphatic heterocycles. The van der Waals surface area contributed by atoms with E-state index in [1.54, 1.807) is 121 Å². The van der Waals surface area contributed by atoms with Crippen molar-refractivity contribution in [1.29, 1.82) is 0 Å². The Morgan fingerprint density at radius 2 is 0.557 bits per heavy atom. The minimum absolute atomic E-state index is 0.0173.